The van der Waals surface area contributed by atoms with Gasteiger partial charge in [-0.1, -0.05) is 0 Å². The first kappa shape index (κ1) is 19.8. The van der Waals surface area contributed by atoms with Gasteiger partial charge in [-0.05, 0) is 36.6 Å². The average Bonchev–Trinajstić information content (AvgIpc) is 3.14. The van der Waals surface area contributed by atoms with Crippen LogP contribution in [0.2, 0.25) is 0 Å². The number of carbonyl (C=O) groups is 2. The number of hydrogen-bond donors (Lipinski definition) is 0. The van der Waals surface area contributed by atoms with Gasteiger partial charge < -0.3 is 0 Å². The molecule has 0 saturated carbocycles. The molecular weight excluding hydrogens is 436 g/mol. The fourth-order valence-corrected chi connectivity index (χ4v) is 5.71. The molecule has 0 saturated heterocycles. The number of amides is 2. The number of anilines is 1. The number of rotatable bonds is 3. The summed E-state index contributed by atoms with van der Waals surface area (Å²) in [6.07, 6.45) is 3.21. The zero-order valence-corrected chi connectivity index (χ0v) is 17.1. The van der Waals surface area contributed by atoms with Crippen molar-refractivity contribution in [2.45, 2.75) is 25.7 Å². The van der Waals surface area contributed by atoms with Crippen LogP contribution in [0, 0.1) is 31.6 Å². The van der Waals surface area contributed by atoms with E-state index in [2.05, 4.69) is 6.07 Å². The highest BCUT2D eigenvalue weighted by atomic mass is 32.1. The molecule has 0 spiro atoms. The lowest BCUT2D eigenvalue weighted by Gasteiger charge is -2.26. The van der Waals surface area contributed by atoms with Crippen molar-refractivity contribution < 1.29 is 19.4 Å². The molecule has 0 unspecified atom stereocenters. The number of imide groups is 1. The Morgan fingerprint density at radius 1 is 0.938 bits per heavy atom. The van der Waals surface area contributed by atoms with E-state index >= 15 is 0 Å². The number of non-ortho nitro benzene ring substituents is 2. The molecule has 1 aromatic heterocycles. The predicted molar refractivity (Wildman–Crippen MR) is 114 cm³/mol. The lowest BCUT2D eigenvalue weighted by Crippen LogP contribution is -2.40. The van der Waals surface area contributed by atoms with Crippen LogP contribution in [0.25, 0.3) is 10.8 Å². The molecule has 0 fully saturated rings. The molecular formula is C21H12N4O6S. The summed E-state index contributed by atoms with van der Waals surface area (Å²) in [4.78, 5) is 50.1. The molecule has 2 amide bonds. The van der Waals surface area contributed by atoms with Gasteiger partial charge in [0, 0.05) is 34.5 Å². The fourth-order valence-electron chi connectivity index (χ4n) is 4.37. The van der Waals surface area contributed by atoms with Gasteiger partial charge in [0.25, 0.3) is 23.2 Å². The van der Waals surface area contributed by atoms with Crippen LogP contribution >= 0.6 is 11.3 Å². The van der Waals surface area contributed by atoms with E-state index in [0.717, 1.165) is 58.9 Å². The van der Waals surface area contributed by atoms with Crippen molar-refractivity contribution in [3.8, 4) is 6.07 Å². The number of nitrogens with zero attached hydrogens (tertiary/aromatic N) is 4. The van der Waals surface area contributed by atoms with Crippen molar-refractivity contribution in [2.24, 2.45) is 0 Å². The molecule has 2 aliphatic rings. The van der Waals surface area contributed by atoms with Gasteiger partial charge in [-0.3, -0.25) is 29.8 Å². The fraction of sp³-hybridized carbons (Fsp3) is 0.190. The minimum absolute atomic E-state index is 0.0609. The summed E-state index contributed by atoms with van der Waals surface area (Å²) in [5.41, 5.74) is -0.00147. The van der Waals surface area contributed by atoms with Gasteiger partial charge in [-0.15, -0.1) is 11.3 Å². The number of nitriles is 1. The van der Waals surface area contributed by atoms with Crippen molar-refractivity contribution in [1.82, 2.24) is 0 Å². The van der Waals surface area contributed by atoms with Gasteiger partial charge in [0.2, 0.25) is 0 Å². The molecule has 2 aromatic carbocycles. The Kier molecular flexibility index (Phi) is 4.28. The quantitative estimate of drug-likeness (QED) is 0.330. The number of nitro benzene ring substituents is 2. The van der Waals surface area contributed by atoms with E-state index in [4.69, 9.17) is 0 Å². The lowest BCUT2D eigenvalue weighted by molar-refractivity contribution is -0.385. The number of aryl methyl sites for hydroxylation is 1. The Morgan fingerprint density at radius 2 is 1.50 bits per heavy atom. The Balaban J connectivity index is 1.81. The van der Waals surface area contributed by atoms with Gasteiger partial charge >= 0.3 is 0 Å². The summed E-state index contributed by atoms with van der Waals surface area (Å²) < 4.78 is 0. The summed E-state index contributed by atoms with van der Waals surface area (Å²) in [6, 6.07) is 6.45. The Hall–Kier alpha value is -4.17. The van der Waals surface area contributed by atoms with E-state index in [1.54, 1.807) is 0 Å². The Morgan fingerprint density at radius 3 is 2.03 bits per heavy atom. The number of hydrogen-bond acceptors (Lipinski definition) is 8. The third kappa shape index (κ3) is 2.70. The van der Waals surface area contributed by atoms with E-state index in [0.29, 0.717) is 6.42 Å². The zero-order chi connectivity index (χ0) is 22.7. The maximum atomic E-state index is 13.4. The molecule has 0 N–H and O–H groups in total. The number of carbonyl (C=O) groups excluding carboxylic acids is 2. The lowest BCUT2D eigenvalue weighted by atomic mass is 9.92. The van der Waals surface area contributed by atoms with Crippen LogP contribution in [0.15, 0.2) is 24.3 Å². The van der Waals surface area contributed by atoms with Crippen molar-refractivity contribution in [1.29, 1.82) is 5.26 Å². The largest absolute Gasteiger partial charge is 0.270 e. The second-order valence-corrected chi connectivity index (χ2v) is 8.63. The Bertz CT molecular complexity index is 1380. The number of nitro groups is 2. The molecule has 1 aliphatic heterocycles. The molecule has 10 nitrogen and oxygen atoms in total. The van der Waals surface area contributed by atoms with Crippen molar-refractivity contribution in [3.63, 3.8) is 0 Å². The topological polar surface area (TPSA) is 147 Å². The molecule has 11 heteroatoms. The molecule has 0 radical (unpaired) electrons. The summed E-state index contributed by atoms with van der Waals surface area (Å²) in [7, 11) is 0. The smallest absolute Gasteiger partial charge is 0.268 e. The van der Waals surface area contributed by atoms with Crippen LogP contribution in [-0.4, -0.2) is 21.7 Å². The van der Waals surface area contributed by atoms with Crippen LogP contribution in [0.4, 0.5) is 16.4 Å². The molecule has 3 aromatic rings. The second kappa shape index (κ2) is 6.93. The monoisotopic (exact) mass is 448 g/mol. The van der Waals surface area contributed by atoms with Crippen LogP contribution < -0.4 is 4.90 Å². The second-order valence-electron chi connectivity index (χ2n) is 7.55. The summed E-state index contributed by atoms with van der Waals surface area (Å²) in [5, 5.41) is 33.0. The van der Waals surface area contributed by atoms with E-state index in [1.807, 2.05) is 0 Å². The maximum Gasteiger partial charge on any atom is 0.270 e. The minimum atomic E-state index is -0.792. The SMILES string of the molecule is N#Cc1c(N2C(=O)c3cc([N+](=O)[O-])cc4cc([N+](=O)[O-])cc(c34)C2=O)sc2c1CCCC2. The van der Waals surface area contributed by atoms with Crippen molar-refractivity contribution in [2.75, 3.05) is 4.90 Å². The van der Waals surface area contributed by atoms with E-state index in [1.165, 1.54) is 11.3 Å². The van der Waals surface area contributed by atoms with Gasteiger partial charge in [0.1, 0.15) is 11.1 Å². The predicted octanol–water partition coefficient (Wildman–Crippen LogP) is 4.27. The molecule has 158 valence electrons. The summed E-state index contributed by atoms with van der Waals surface area (Å²) in [6.45, 7) is 0. The molecule has 0 atom stereocenters. The van der Waals surface area contributed by atoms with Crippen LogP contribution in [0.1, 0.15) is 49.6 Å². The summed E-state index contributed by atoms with van der Waals surface area (Å²) >= 11 is 1.18. The summed E-state index contributed by atoms with van der Waals surface area (Å²) in [5.74, 6) is -1.58. The third-order valence-electron chi connectivity index (χ3n) is 5.77. The number of benzene rings is 2. The zero-order valence-electron chi connectivity index (χ0n) is 16.3. The highest BCUT2D eigenvalue weighted by Crippen LogP contribution is 2.44. The Labute approximate surface area is 183 Å². The first-order chi connectivity index (χ1) is 15.3. The van der Waals surface area contributed by atoms with Gasteiger partial charge in [0.05, 0.1) is 26.5 Å². The molecule has 2 heterocycles. The first-order valence-electron chi connectivity index (χ1n) is 9.65. The van der Waals surface area contributed by atoms with E-state index in [-0.39, 0.29) is 32.5 Å². The standard InChI is InChI=1S/C21H12N4O6S/c22-9-16-13-3-1-2-4-17(13)32-21(16)23-19(26)14-7-11(24(28)29)5-10-6-12(25(30)31)8-15(18(10)14)20(23)27/h5-8H,1-4H2. The van der Waals surface area contributed by atoms with Crippen LogP contribution in [-0.2, 0) is 12.8 Å². The number of thiophene rings is 1. The van der Waals surface area contributed by atoms with Crippen LogP contribution in [0.3, 0.4) is 0 Å². The van der Waals surface area contributed by atoms with Crippen molar-refractivity contribution >= 4 is 50.3 Å². The first-order valence-corrected chi connectivity index (χ1v) is 10.5. The average molecular weight is 448 g/mol. The van der Waals surface area contributed by atoms with Gasteiger partial charge in [-0.25, -0.2) is 4.90 Å². The van der Waals surface area contributed by atoms with Gasteiger partial charge in [0.15, 0.2) is 0 Å². The molecule has 5 rings (SSSR count). The van der Waals surface area contributed by atoms with E-state index in [9.17, 15) is 35.1 Å². The highest BCUT2D eigenvalue weighted by molar-refractivity contribution is 7.17. The molecule has 32 heavy (non-hydrogen) atoms. The van der Waals surface area contributed by atoms with Crippen LogP contribution in [0.5, 0.6) is 0 Å². The van der Waals surface area contributed by atoms with E-state index < -0.39 is 33.0 Å². The highest BCUT2D eigenvalue weighted by Gasteiger charge is 2.39. The number of fused-ring (bicyclic) bond motifs is 1. The van der Waals surface area contributed by atoms with Crippen molar-refractivity contribution in [3.05, 3.63) is 71.6 Å². The maximum absolute atomic E-state index is 13.4. The molecule has 1 aliphatic carbocycles. The van der Waals surface area contributed by atoms with Gasteiger partial charge in [-0.2, -0.15) is 5.26 Å². The normalized spacial score (nSPS) is 14.9. The third-order valence-corrected chi connectivity index (χ3v) is 7.05. The minimum Gasteiger partial charge on any atom is -0.268 e. The molecule has 0 bridgehead atoms.